The molecule has 0 aromatic carbocycles. The van der Waals surface area contributed by atoms with Crippen LogP contribution in [0.3, 0.4) is 0 Å². The quantitative estimate of drug-likeness (QED) is 0.393. The van der Waals surface area contributed by atoms with Gasteiger partial charge in [-0.2, -0.15) is 0 Å². The van der Waals surface area contributed by atoms with E-state index in [4.69, 9.17) is 19.7 Å². The molecule has 0 radical (unpaired) electrons. The maximum absolute atomic E-state index is 13.6. The number of halogens is 1. The standard InChI is InChI=1S/C9H14FN3O3/c1-4-6-7(16-9(2,3)15-6)5(12-13-11)8(10)14-4/h4-8H,1-3H3/t4-,5+,6+,7-,8?/m1/s1. The fraction of sp³-hybridized carbons (Fsp3) is 1.00. The van der Waals surface area contributed by atoms with E-state index in [0.29, 0.717) is 0 Å². The van der Waals surface area contributed by atoms with E-state index in [0.717, 1.165) is 0 Å². The molecule has 2 heterocycles. The lowest BCUT2D eigenvalue weighted by Crippen LogP contribution is -2.52. The zero-order chi connectivity index (χ0) is 11.9. The molecule has 2 fully saturated rings. The molecule has 0 bridgehead atoms. The summed E-state index contributed by atoms with van der Waals surface area (Å²) in [6.45, 7) is 5.18. The summed E-state index contributed by atoms with van der Waals surface area (Å²) in [4.78, 5) is 2.61. The fourth-order valence-corrected chi connectivity index (χ4v) is 2.13. The SMILES string of the molecule is C[C@H]1OC(F)[C@@H](N=[N+]=[N-])[C@H]2OC(C)(C)O[C@H]21. The second kappa shape index (κ2) is 3.85. The molecule has 16 heavy (non-hydrogen) atoms. The zero-order valence-corrected chi connectivity index (χ0v) is 9.33. The van der Waals surface area contributed by atoms with Gasteiger partial charge < -0.3 is 14.2 Å². The van der Waals surface area contributed by atoms with Crippen LogP contribution in [0.5, 0.6) is 0 Å². The molecule has 2 aliphatic heterocycles. The number of azide groups is 1. The van der Waals surface area contributed by atoms with Crippen LogP contribution in [-0.2, 0) is 14.2 Å². The third kappa shape index (κ3) is 1.87. The highest BCUT2D eigenvalue weighted by molar-refractivity contribution is 4.98. The van der Waals surface area contributed by atoms with Crippen molar-refractivity contribution in [2.75, 3.05) is 0 Å². The van der Waals surface area contributed by atoms with Gasteiger partial charge in [-0.25, -0.2) is 4.39 Å². The Bertz CT molecular complexity index is 332. The van der Waals surface area contributed by atoms with Gasteiger partial charge in [0.1, 0.15) is 18.2 Å². The molecule has 0 aliphatic carbocycles. The van der Waals surface area contributed by atoms with Crippen molar-refractivity contribution in [2.45, 2.75) is 57.3 Å². The number of hydrogen-bond donors (Lipinski definition) is 0. The number of fused-ring (bicyclic) bond motifs is 1. The Kier molecular flexibility index (Phi) is 2.79. The Morgan fingerprint density at radius 3 is 2.56 bits per heavy atom. The van der Waals surface area contributed by atoms with Crippen LogP contribution in [0.1, 0.15) is 20.8 Å². The zero-order valence-electron chi connectivity index (χ0n) is 9.33. The fourth-order valence-electron chi connectivity index (χ4n) is 2.13. The molecule has 0 amide bonds. The van der Waals surface area contributed by atoms with E-state index in [2.05, 4.69) is 10.0 Å². The van der Waals surface area contributed by atoms with Crippen LogP contribution in [-0.4, -0.2) is 36.5 Å². The maximum atomic E-state index is 13.6. The highest BCUT2D eigenvalue weighted by atomic mass is 19.1. The van der Waals surface area contributed by atoms with E-state index in [1.54, 1.807) is 20.8 Å². The van der Waals surface area contributed by atoms with E-state index < -0.39 is 36.5 Å². The molecule has 90 valence electrons. The summed E-state index contributed by atoms with van der Waals surface area (Å²) < 4.78 is 29.7. The van der Waals surface area contributed by atoms with Crippen LogP contribution >= 0.6 is 0 Å². The number of rotatable bonds is 1. The molecule has 0 saturated carbocycles. The highest BCUT2D eigenvalue weighted by Gasteiger charge is 2.53. The topological polar surface area (TPSA) is 76.5 Å². The van der Waals surface area contributed by atoms with Crippen LogP contribution in [0.2, 0.25) is 0 Å². The van der Waals surface area contributed by atoms with Gasteiger partial charge in [0.2, 0.25) is 6.36 Å². The van der Waals surface area contributed by atoms with Gasteiger partial charge in [-0.05, 0) is 26.3 Å². The predicted molar refractivity (Wildman–Crippen MR) is 52.2 cm³/mol. The largest absolute Gasteiger partial charge is 0.344 e. The smallest absolute Gasteiger partial charge is 0.210 e. The number of hydrogen-bond acceptors (Lipinski definition) is 4. The van der Waals surface area contributed by atoms with Gasteiger partial charge in [0.25, 0.3) is 0 Å². The van der Waals surface area contributed by atoms with Crippen molar-refractivity contribution in [3.8, 4) is 0 Å². The average molecular weight is 231 g/mol. The van der Waals surface area contributed by atoms with Crippen molar-refractivity contribution in [1.82, 2.24) is 0 Å². The minimum absolute atomic E-state index is 0.405. The summed E-state index contributed by atoms with van der Waals surface area (Å²) in [5, 5.41) is 3.38. The van der Waals surface area contributed by atoms with Crippen LogP contribution in [0.25, 0.3) is 10.4 Å². The third-order valence-corrected chi connectivity index (χ3v) is 2.76. The average Bonchev–Trinajstić information content (AvgIpc) is 2.49. The Hall–Kier alpha value is -0.880. The van der Waals surface area contributed by atoms with E-state index in [1.807, 2.05) is 0 Å². The summed E-state index contributed by atoms with van der Waals surface area (Å²) >= 11 is 0. The Balaban J connectivity index is 2.26. The molecule has 2 rings (SSSR count). The molecule has 7 heteroatoms. The first-order chi connectivity index (χ1) is 7.44. The van der Waals surface area contributed by atoms with E-state index in [9.17, 15) is 4.39 Å². The summed E-state index contributed by atoms with van der Waals surface area (Å²) in [5.74, 6) is -0.805. The molecular formula is C9H14FN3O3. The molecule has 0 spiro atoms. The van der Waals surface area contributed by atoms with E-state index in [1.165, 1.54) is 0 Å². The lowest BCUT2D eigenvalue weighted by atomic mass is 9.99. The van der Waals surface area contributed by atoms with Gasteiger partial charge in [-0.1, -0.05) is 5.11 Å². The van der Waals surface area contributed by atoms with Gasteiger partial charge in [-0.15, -0.1) is 0 Å². The lowest BCUT2D eigenvalue weighted by Gasteiger charge is -2.35. The van der Waals surface area contributed by atoms with E-state index >= 15 is 0 Å². The molecule has 2 aliphatic rings. The molecule has 6 nitrogen and oxygen atoms in total. The molecule has 1 unspecified atom stereocenters. The van der Waals surface area contributed by atoms with Gasteiger partial charge in [-0.3, -0.25) is 0 Å². The lowest BCUT2D eigenvalue weighted by molar-refractivity contribution is -0.181. The highest BCUT2D eigenvalue weighted by Crippen LogP contribution is 2.38. The minimum atomic E-state index is -1.65. The van der Waals surface area contributed by atoms with Gasteiger partial charge >= 0.3 is 0 Å². The summed E-state index contributed by atoms with van der Waals surface area (Å²) in [7, 11) is 0. The molecule has 5 atom stereocenters. The second-order valence-electron chi connectivity index (χ2n) is 4.45. The first-order valence-electron chi connectivity index (χ1n) is 5.14. The van der Waals surface area contributed by atoms with Crippen molar-refractivity contribution in [3.05, 3.63) is 10.4 Å². The monoisotopic (exact) mass is 231 g/mol. The van der Waals surface area contributed by atoms with E-state index in [-0.39, 0.29) is 0 Å². The Morgan fingerprint density at radius 2 is 1.94 bits per heavy atom. The normalized spacial score (nSPS) is 45.9. The second-order valence-corrected chi connectivity index (χ2v) is 4.45. The van der Waals surface area contributed by atoms with Gasteiger partial charge in [0, 0.05) is 4.91 Å². The first kappa shape index (κ1) is 11.6. The van der Waals surface area contributed by atoms with Crippen LogP contribution in [0, 0.1) is 0 Å². The Labute approximate surface area is 92.3 Å². The molecule has 0 N–H and O–H groups in total. The van der Waals surface area contributed by atoms with Crippen LogP contribution in [0.15, 0.2) is 5.11 Å². The maximum Gasteiger partial charge on any atom is 0.210 e. The van der Waals surface area contributed by atoms with Crippen molar-refractivity contribution in [2.24, 2.45) is 5.11 Å². The van der Waals surface area contributed by atoms with Crippen LogP contribution < -0.4 is 0 Å². The first-order valence-corrected chi connectivity index (χ1v) is 5.14. The minimum Gasteiger partial charge on any atom is -0.344 e. The number of alkyl halides is 1. The molecule has 0 aromatic rings. The third-order valence-electron chi connectivity index (χ3n) is 2.76. The molecule has 2 saturated heterocycles. The van der Waals surface area contributed by atoms with Crippen molar-refractivity contribution in [1.29, 1.82) is 0 Å². The molecule has 0 aromatic heterocycles. The van der Waals surface area contributed by atoms with Crippen molar-refractivity contribution in [3.63, 3.8) is 0 Å². The summed E-state index contributed by atoms with van der Waals surface area (Å²) in [6.07, 6.45) is -3.07. The number of ether oxygens (including phenoxy) is 3. The van der Waals surface area contributed by atoms with Crippen molar-refractivity contribution < 1.29 is 18.6 Å². The van der Waals surface area contributed by atoms with Gasteiger partial charge in [0.05, 0.1) is 6.10 Å². The van der Waals surface area contributed by atoms with Crippen molar-refractivity contribution >= 4 is 0 Å². The predicted octanol–water partition coefficient (Wildman–Crippen LogP) is 1.90. The van der Waals surface area contributed by atoms with Crippen LogP contribution in [0.4, 0.5) is 4.39 Å². The molecular weight excluding hydrogens is 217 g/mol. The summed E-state index contributed by atoms with van der Waals surface area (Å²) in [6, 6.07) is -0.993. The summed E-state index contributed by atoms with van der Waals surface area (Å²) in [5.41, 5.74) is 8.39. The van der Waals surface area contributed by atoms with Gasteiger partial charge in [0.15, 0.2) is 5.79 Å². The Morgan fingerprint density at radius 1 is 1.31 bits per heavy atom. The number of nitrogens with zero attached hydrogens (tertiary/aromatic N) is 3.